The maximum Gasteiger partial charge on any atom is 0.286 e. The zero-order chi connectivity index (χ0) is 27.5. The second-order valence-electron chi connectivity index (χ2n) is 9.98. The molecular formula is C32H30N4O3S. The Labute approximate surface area is 238 Å². The Morgan fingerprint density at radius 3 is 2.33 bits per heavy atom. The standard InChI is InChI=1S/C32H30N4O3S/c1-22-18-35(19-23(2)39-22)32-33-31(37)29(40-32)17-26-20-36(27-11-7-4-8-12-27)34-30(26)25-13-15-28(16-14-25)38-21-24-9-5-3-6-10-24/h3-17,20,22-23H,18-19,21H2,1-2H3. The molecule has 0 N–H and O–H groups in total. The van der Waals surface area contributed by atoms with E-state index >= 15 is 0 Å². The van der Waals surface area contributed by atoms with Crippen molar-refractivity contribution in [2.75, 3.05) is 13.1 Å². The monoisotopic (exact) mass is 550 g/mol. The van der Waals surface area contributed by atoms with Gasteiger partial charge in [0.2, 0.25) is 0 Å². The third-order valence-corrected chi connectivity index (χ3v) is 7.77. The molecule has 2 aliphatic heterocycles. The van der Waals surface area contributed by atoms with E-state index < -0.39 is 0 Å². The number of hydrogen-bond donors (Lipinski definition) is 0. The molecule has 1 aromatic heterocycles. The van der Waals surface area contributed by atoms with Gasteiger partial charge in [-0.1, -0.05) is 48.5 Å². The van der Waals surface area contributed by atoms with Gasteiger partial charge in [0, 0.05) is 30.4 Å². The van der Waals surface area contributed by atoms with E-state index in [0.29, 0.717) is 24.6 Å². The summed E-state index contributed by atoms with van der Waals surface area (Å²) in [5.74, 6) is 0.554. The van der Waals surface area contributed by atoms with Crippen LogP contribution in [0.4, 0.5) is 0 Å². The van der Waals surface area contributed by atoms with Crippen LogP contribution < -0.4 is 4.74 Å². The van der Waals surface area contributed by atoms with Crippen LogP contribution in [0.2, 0.25) is 0 Å². The van der Waals surface area contributed by atoms with Gasteiger partial charge in [-0.05, 0) is 73.6 Å². The van der Waals surface area contributed by atoms with Crippen molar-refractivity contribution in [1.29, 1.82) is 0 Å². The SMILES string of the molecule is CC1CN(C2=NC(=O)C(=Cc3cn(-c4ccccc4)nc3-c3ccc(OCc4ccccc4)cc3)S2)CC(C)O1. The van der Waals surface area contributed by atoms with Crippen molar-refractivity contribution in [1.82, 2.24) is 14.7 Å². The number of benzene rings is 3. The van der Waals surface area contributed by atoms with Gasteiger partial charge in [0.15, 0.2) is 5.17 Å². The van der Waals surface area contributed by atoms with Crippen LogP contribution in [0.15, 0.2) is 101 Å². The Hall–Kier alpha value is -4.14. The number of carbonyl (C=O) groups excluding carboxylic acids is 1. The molecule has 8 heteroatoms. The van der Waals surface area contributed by atoms with Crippen molar-refractivity contribution < 1.29 is 14.3 Å². The number of rotatable bonds is 6. The summed E-state index contributed by atoms with van der Waals surface area (Å²) < 4.78 is 13.7. The summed E-state index contributed by atoms with van der Waals surface area (Å²) in [6.07, 6.45) is 4.04. The summed E-state index contributed by atoms with van der Waals surface area (Å²) >= 11 is 1.42. The summed E-state index contributed by atoms with van der Waals surface area (Å²) in [4.78, 5) is 20.1. The minimum absolute atomic E-state index is 0.0885. The van der Waals surface area contributed by atoms with Gasteiger partial charge < -0.3 is 14.4 Å². The van der Waals surface area contributed by atoms with Crippen molar-refractivity contribution in [3.8, 4) is 22.7 Å². The first-order valence-electron chi connectivity index (χ1n) is 13.4. The highest BCUT2D eigenvalue weighted by Gasteiger charge is 2.31. The van der Waals surface area contributed by atoms with E-state index in [1.807, 2.05) is 116 Å². The maximum atomic E-state index is 13.0. The van der Waals surface area contributed by atoms with Gasteiger partial charge in [-0.3, -0.25) is 4.79 Å². The van der Waals surface area contributed by atoms with E-state index in [1.165, 1.54) is 11.8 Å². The van der Waals surface area contributed by atoms with Crippen LogP contribution in [0, 0.1) is 0 Å². The Morgan fingerprint density at radius 1 is 0.950 bits per heavy atom. The molecule has 0 aliphatic carbocycles. The lowest BCUT2D eigenvalue weighted by Gasteiger charge is -2.35. The maximum absolute atomic E-state index is 13.0. The number of thioether (sulfide) groups is 1. The molecule has 1 amide bonds. The van der Waals surface area contributed by atoms with Gasteiger partial charge in [-0.15, -0.1) is 0 Å². The molecule has 2 unspecified atom stereocenters. The van der Waals surface area contributed by atoms with Gasteiger partial charge >= 0.3 is 0 Å². The van der Waals surface area contributed by atoms with Crippen molar-refractivity contribution >= 4 is 28.9 Å². The van der Waals surface area contributed by atoms with Crippen molar-refractivity contribution in [3.05, 3.63) is 107 Å². The fourth-order valence-electron chi connectivity index (χ4n) is 4.89. The lowest BCUT2D eigenvalue weighted by Crippen LogP contribution is -2.47. The Morgan fingerprint density at radius 2 is 1.62 bits per heavy atom. The highest BCUT2D eigenvalue weighted by Crippen LogP contribution is 2.34. The molecule has 0 spiro atoms. The lowest BCUT2D eigenvalue weighted by atomic mass is 10.1. The first-order valence-corrected chi connectivity index (χ1v) is 14.2. The van der Waals surface area contributed by atoms with E-state index in [0.717, 1.165) is 39.0 Å². The number of carbonyl (C=O) groups is 1. The summed E-state index contributed by atoms with van der Waals surface area (Å²) in [6.45, 7) is 6.02. The number of aliphatic imine (C=N–C) groups is 1. The molecule has 7 nitrogen and oxygen atoms in total. The van der Waals surface area contributed by atoms with E-state index in [4.69, 9.17) is 14.6 Å². The largest absolute Gasteiger partial charge is 0.489 e. The van der Waals surface area contributed by atoms with E-state index in [-0.39, 0.29) is 18.1 Å². The van der Waals surface area contributed by atoms with Gasteiger partial charge in [0.1, 0.15) is 12.4 Å². The quantitative estimate of drug-likeness (QED) is 0.266. The zero-order valence-electron chi connectivity index (χ0n) is 22.4. The number of amides is 1. The Balaban J connectivity index is 1.27. The number of ether oxygens (including phenoxy) is 2. The summed E-state index contributed by atoms with van der Waals surface area (Å²) in [6, 6.07) is 27.9. The first-order chi connectivity index (χ1) is 19.5. The van der Waals surface area contributed by atoms with E-state index in [1.54, 1.807) is 0 Å². The molecule has 2 atom stereocenters. The van der Waals surface area contributed by atoms with Crippen LogP contribution in [0.5, 0.6) is 5.75 Å². The molecule has 6 rings (SSSR count). The Bertz CT molecular complexity index is 1540. The predicted octanol–water partition coefficient (Wildman–Crippen LogP) is 6.20. The average molecular weight is 551 g/mol. The van der Waals surface area contributed by atoms with Crippen LogP contribution in [-0.4, -0.2) is 51.1 Å². The normalized spacial score (nSPS) is 20.1. The number of hydrogen-bond acceptors (Lipinski definition) is 6. The van der Waals surface area contributed by atoms with Gasteiger partial charge in [0.25, 0.3) is 5.91 Å². The van der Waals surface area contributed by atoms with Crippen LogP contribution >= 0.6 is 11.8 Å². The minimum atomic E-state index is -0.227. The van der Waals surface area contributed by atoms with Gasteiger partial charge in [0.05, 0.1) is 28.5 Å². The number of para-hydroxylation sites is 1. The molecule has 202 valence electrons. The van der Waals surface area contributed by atoms with Crippen molar-refractivity contribution in [2.24, 2.45) is 4.99 Å². The highest BCUT2D eigenvalue weighted by molar-refractivity contribution is 8.18. The van der Waals surface area contributed by atoms with E-state index in [2.05, 4.69) is 9.89 Å². The molecule has 1 fully saturated rings. The predicted molar refractivity (Wildman–Crippen MR) is 159 cm³/mol. The average Bonchev–Trinajstić information content (AvgIpc) is 3.56. The fourth-order valence-corrected chi connectivity index (χ4v) is 5.81. The number of morpholine rings is 1. The molecule has 0 bridgehead atoms. The molecular weight excluding hydrogens is 520 g/mol. The zero-order valence-corrected chi connectivity index (χ0v) is 23.3. The number of aromatic nitrogens is 2. The second kappa shape index (κ2) is 11.5. The minimum Gasteiger partial charge on any atom is -0.489 e. The summed E-state index contributed by atoms with van der Waals surface area (Å²) in [5, 5.41) is 5.65. The van der Waals surface area contributed by atoms with Crippen LogP contribution in [0.3, 0.4) is 0 Å². The van der Waals surface area contributed by atoms with E-state index in [9.17, 15) is 4.79 Å². The number of amidine groups is 1. The molecule has 3 aromatic carbocycles. The molecule has 4 aromatic rings. The molecule has 1 saturated heterocycles. The van der Waals surface area contributed by atoms with Gasteiger partial charge in [-0.2, -0.15) is 10.1 Å². The highest BCUT2D eigenvalue weighted by atomic mass is 32.2. The van der Waals surface area contributed by atoms with Crippen LogP contribution in [0.25, 0.3) is 23.0 Å². The van der Waals surface area contributed by atoms with Crippen LogP contribution in [0.1, 0.15) is 25.0 Å². The van der Waals surface area contributed by atoms with Crippen molar-refractivity contribution in [3.63, 3.8) is 0 Å². The third kappa shape index (κ3) is 5.88. The van der Waals surface area contributed by atoms with Crippen LogP contribution in [-0.2, 0) is 16.1 Å². The Kier molecular flexibility index (Phi) is 7.53. The smallest absolute Gasteiger partial charge is 0.286 e. The van der Waals surface area contributed by atoms with Gasteiger partial charge in [-0.25, -0.2) is 4.68 Å². The molecule has 3 heterocycles. The molecule has 2 aliphatic rings. The van der Waals surface area contributed by atoms with Crippen molar-refractivity contribution in [2.45, 2.75) is 32.7 Å². The molecule has 0 radical (unpaired) electrons. The fraction of sp³-hybridized carbons (Fsp3) is 0.219. The molecule has 40 heavy (non-hydrogen) atoms. The molecule has 0 saturated carbocycles. The summed E-state index contributed by atoms with van der Waals surface area (Å²) in [5.41, 5.74) is 4.61. The second-order valence-corrected chi connectivity index (χ2v) is 11.0. The number of nitrogens with zero attached hydrogens (tertiary/aromatic N) is 4. The summed E-state index contributed by atoms with van der Waals surface area (Å²) in [7, 11) is 0. The third-order valence-electron chi connectivity index (χ3n) is 6.73. The lowest BCUT2D eigenvalue weighted by molar-refractivity contribution is -0.113. The first kappa shape index (κ1) is 26.1. The topological polar surface area (TPSA) is 69.0 Å².